The van der Waals surface area contributed by atoms with Crippen molar-refractivity contribution in [3.8, 4) is 0 Å². The zero-order valence-electron chi connectivity index (χ0n) is 25.1. The van der Waals surface area contributed by atoms with E-state index in [1.54, 1.807) is 0 Å². The molecular weight excluding hydrogens is 540 g/mol. The van der Waals surface area contributed by atoms with Crippen molar-refractivity contribution < 1.29 is 48.2 Å². The van der Waals surface area contributed by atoms with Gasteiger partial charge in [0.25, 0.3) is 0 Å². The molecule has 0 radical (unpaired) electrons. The van der Waals surface area contributed by atoms with Crippen LogP contribution < -0.4 is 0 Å². The van der Waals surface area contributed by atoms with Crippen LogP contribution in [0.25, 0.3) is 0 Å². The quantitative estimate of drug-likeness (QED) is 0.246. The fourth-order valence-electron chi connectivity index (χ4n) is 5.16. The highest BCUT2D eigenvalue weighted by molar-refractivity contribution is 6.74. The first-order valence-electron chi connectivity index (χ1n) is 14.0. The molecule has 0 bridgehead atoms. The van der Waals surface area contributed by atoms with E-state index >= 15 is 0 Å². The Labute approximate surface area is 234 Å². The maximum absolute atomic E-state index is 11.0. The second kappa shape index (κ2) is 10.4. The molecular formula is C27H50O10Si2. The van der Waals surface area contributed by atoms with Gasteiger partial charge in [-0.05, 0) is 42.3 Å². The molecule has 3 aliphatic heterocycles. The van der Waals surface area contributed by atoms with Gasteiger partial charge >= 0.3 is 0 Å². The van der Waals surface area contributed by atoms with Crippen molar-refractivity contribution in [1.29, 1.82) is 0 Å². The minimum absolute atomic E-state index is 0.00202. The third kappa shape index (κ3) is 5.68. The lowest BCUT2D eigenvalue weighted by Gasteiger charge is -2.45. The zero-order chi connectivity index (χ0) is 29.3. The monoisotopic (exact) mass is 590 g/mol. The Morgan fingerprint density at radius 1 is 0.795 bits per heavy atom. The van der Waals surface area contributed by atoms with E-state index in [1.165, 1.54) is 6.26 Å². The zero-order valence-corrected chi connectivity index (χ0v) is 27.1. The van der Waals surface area contributed by atoms with Crippen LogP contribution in [-0.2, 0) is 27.8 Å². The summed E-state index contributed by atoms with van der Waals surface area (Å²) < 4.78 is 36.9. The SMILES string of the molecule is CC(C)(C)[Si](C)(C)OC[C@H]1O[C@H](O[C@@H]2OC=C[C@H]3[C@H](O)[C@@H]4O[C@]4(CO[Si](C)(C)C(C)(C)C)[C@@H]23)[C@H](O)[C@@H](O)[C@@H]1O. The van der Waals surface area contributed by atoms with Gasteiger partial charge in [0.15, 0.2) is 22.9 Å². The first-order chi connectivity index (χ1) is 17.7. The van der Waals surface area contributed by atoms with Gasteiger partial charge in [0, 0.05) is 5.92 Å². The van der Waals surface area contributed by atoms with Gasteiger partial charge in [-0.25, -0.2) is 0 Å². The number of rotatable bonds is 8. The topological polar surface area (TPSA) is 140 Å². The van der Waals surface area contributed by atoms with E-state index in [1.807, 2.05) is 6.08 Å². The Balaban J connectivity index is 1.49. The molecule has 226 valence electrons. The van der Waals surface area contributed by atoms with E-state index in [0.29, 0.717) is 6.61 Å². The first-order valence-corrected chi connectivity index (χ1v) is 19.9. The normalized spacial score (nSPS) is 42.6. The average Bonchev–Trinajstić information content (AvgIpc) is 3.50. The summed E-state index contributed by atoms with van der Waals surface area (Å²) in [5, 5.41) is 43.0. The van der Waals surface area contributed by atoms with Crippen molar-refractivity contribution in [1.82, 2.24) is 0 Å². The van der Waals surface area contributed by atoms with E-state index in [4.69, 9.17) is 27.8 Å². The standard InChI is InChI=1S/C27H50O10Si2/c1-25(2,3)38(7,8)33-13-16-19(29)20(30)21(31)24(35-16)36-23-17-15(11-12-32-23)18(28)22-27(17,37-22)14-34-39(9,10)26(4,5)6/h11-12,15-24,28-31H,13-14H2,1-10H3/t15-,16-,17-,18+,19-,20+,21-,22+,23+,24-,27-/m1/s1. The summed E-state index contributed by atoms with van der Waals surface area (Å²) in [5.41, 5.74) is -0.794. The largest absolute Gasteiger partial charge is 0.472 e. The smallest absolute Gasteiger partial charge is 0.208 e. The lowest BCUT2D eigenvalue weighted by atomic mass is 9.85. The minimum Gasteiger partial charge on any atom is -0.472 e. The predicted molar refractivity (Wildman–Crippen MR) is 149 cm³/mol. The molecule has 0 spiro atoms. The molecule has 0 unspecified atom stereocenters. The molecule has 39 heavy (non-hydrogen) atoms. The molecule has 10 nitrogen and oxygen atoms in total. The maximum atomic E-state index is 11.0. The maximum Gasteiger partial charge on any atom is 0.208 e. The minimum atomic E-state index is -2.16. The molecule has 0 aromatic heterocycles. The fraction of sp³-hybridized carbons (Fsp3) is 0.926. The number of epoxide rings is 1. The molecule has 4 N–H and O–H groups in total. The van der Waals surface area contributed by atoms with E-state index in [-0.39, 0.29) is 22.6 Å². The van der Waals surface area contributed by atoms with Crippen LogP contribution in [0.4, 0.5) is 0 Å². The summed E-state index contributed by atoms with van der Waals surface area (Å²) in [6, 6.07) is 0. The van der Waals surface area contributed by atoms with Gasteiger partial charge < -0.3 is 48.2 Å². The van der Waals surface area contributed by atoms with Gasteiger partial charge in [0.05, 0.1) is 31.5 Å². The van der Waals surface area contributed by atoms with Crippen molar-refractivity contribution in [2.75, 3.05) is 13.2 Å². The summed E-state index contributed by atoms with van der Waals surface area (Å²) in [5.74, 6) is -0.714. The number of ether oxygens (including phenoxy) is 4. The molecule has 12 heteroatoms. The van der Waals surface area contributed by atoms with E-state index in [2.05, 4.69) is 67.7 Å². The van der Waals surface area contributed by atoms with E-state index < -0.39 is 77.4 Å². The van der Waals surface area contributed by atoms with Gasteiger partial charge in [0.1, 0.15) is 36.1 Å². The van der Waals surface area contributed by atoms with Crippen LogP contribution in [-0.4, -0.2) is 105 Å². The summed E-state index contributed by atoms with van der Waals surface area (Å²) in [4.78, 5) is 0. The number of aliphatic hydroxyl groups is 4. The van der Waals surface area contributed by atoms with Gasteiger partial charge in [0.2, 0.25) is 6.29 Å². The number of hydrogen-bond acceptors (Lipinski definition) is 10. The van der Waals surface area contributed by atoms with Gasteiger partial charge in [-0.15, -0.1) is 0 Å². The molecule has 0 amide bonds. The van der Waals surface area contributed by atoms with Gasteiger partial charge in [-0.1, -0.05) is 41.5 Å². The lowest BCUT2D eigenvalue weighted by Crippen LogP contribution is -2.61. The second-order valence-electron chi connectivity index (χ2n) is 14.7. The van der Waals surface area contributed by atoms with Crippen molar-refractivity contribution in [3.05, 3.63) is 12.3 Å². The fourth-order valence-corrected chi connectivity index (χ4v) is 7.19. The van der Waals surface area contributed by atoms with Gasteiger partial charge in [-0.3, -0.25) is 0 Å². The molecule has 1 aliphatic carbocycles. The number of aliphatic hydroxyl groups excluding tert-OH is 4. The predicted octanol–water partition coefficient (Wildman–Crippen LogP) is 2.47. The highest BCUT2D eigenvalue weighted by atomic mass is 28.4. The van der Waals surface area contributed by atoms with E-state index in [0.717, 1.165) is 0 Å². The molecule has 11 atom stereocenters. The van der Waals surface area contributed by atoms with Crippen molar-refractivity contribution in [3.63, 3.8) is 0 Å². The molecule has 4 aliphatic rings. The molecule has 2 saturated heterocycles. The summed E-state index contributed by atoms with van der Waals surface area (Å²) in [7, 11) is -4.27. The summed E-state index contributed by atoms with van der Waals surface area (Å²) in [6.07, 6.45) is -5.36. The van der Waals surface area contributed by atoms with Crippen molar-refractivity contribution in [2.45, 2.75) is 133 Å². The van der Waals surface area contributed by atoms with Gasteiger partial charge in [-0.2, -0.15) is 0 Å². The Bertz CT molecular complexity index is 915. The first kappa shape index (κ1) is 31.5. The van der Waals surface area contributed by atoms with E-state index in [9.17, 15) is 20.4 Å². The van der Waals surface area contributed by atoms with Crippen LogP contribution in [0.3, 0.4) is 0 Å². The van der Waals surface area contributed by atoms with Crippen LogP contribution in [0.2, 0.25) is 36.3 Å². The van der Waals surface area contributed by atoms with Crippen LogP contribution in [0.1, 0.15) is 41.5 Å². The molecule has 1 saturated carbocycles. The Morgan fingerprint density at radius 3 is 1.97 bits per heavy atom. The summed E-state index contributed by atoms with van der Waals surface area (Å²) in [6.45, 7) is 21.7. The second-order valence-corrected chi connectivity index (χ2v) is 24.3. The molecule has 4 rings (SSSR count). The van der Waals surface area contributed by atoms with Crippen LogP contribution >= 0.6 is 0 Å². The Hall–Kier alpha value is -0.386. The van der Waals surface area contributed by atoms with Crippen molar-refractivity contribution >= 4 is 16.6 Å². The third-order valence-electron chi connectivity index (χ3n) is 10.1. The highest BCUT2D eigenvalue weighted by Crippen LogP contribution is 2.60. The Kier molecular flexibility index (Phi) is 8.42. The van der Waals surface area contributed by atoms with Crippen LogP contribution in [0.15, 0.2) is 12.3 Å². The third-order valence-corrected chi connectivity index (χ3v) is 19.1. The highest BCUT2D eigenvalue weighted by Gasteiger charge is 2.76. The van der Waals surface area contributed by atoms with Crippen molar-refractivity contribution in [2.24, 2.45) is 11.8 Å². The Morgan fingerprint density at radius 2 is 1.38 bits per heavy atom. The number of hydrogen-bond donors (Lipinski definition) is 4. The van der Waals surface area contributed by atoms with Crippen LogP contribution in [0, 0.1) is 11.8 Å². The molecule has 0 aromatic carbocycles. The summed E-state index contributed by atoms with van der Waals surface area (Å²) >= 11 is 0. The number of fused-ring (bicyclic) bond motifs is 3. The lowest BCUT2D eigenvalue weighted by molar-refractivity contribution is -0.344. The molecule has 3 fully saturated rings. The molecule has 0 aromatic rings. The molecule has 3 heterocycles. The average molecular weight is 591 g/mol. The van der Waals surface area contributed by atoms with Crippen LogP contribution in [0.5, 0.6) is 0 Å².